The van der Waals surface area contributed by atoms with Crippen LogP contribution in [0, 0.1) is 11.8 Å². The summed E-state index contributed by atoms with van der Waals surface area (Å²) in [6, 6.07) is 8.14. The van der Waals surface area contributed by atoms with Gasteiger partial charge in [0.1, 0.15) is 0 Å². The highest BCUT2D eigenvalue weighted by Gasteiger charge is 2.47. The molecule has 0 aromatic heterocycles. The van der Waals surface area contributed by atoms with Crippen LogP contribution in [-0.4, -0.2) is 48.2 Å². The number of nitrogens with one attached hydrogen (secondary N) is 1. The predicted molar refractivity (Wildman–Crippen MR) is 102 cm³/mol. The Balaban J connectivity index is 1.44. The molecule has 146 valence electrons. The summed E-state index contributed by atoms with van der Waals surface area (Å²) in [5.74, 6) is -0.573. The van der Waals surface area contributed by atoms with Gasteiger partial charge in [-0.15, -0.1) is 0 Å². The number of amides is 3. The third kappa shape index (κ3) is 4.75. The number of likely N-dealkylation sites (tertiary alicyclic amines) is 1. The highest BCUT2D eigenvalue weighted by molar-refractivity contribution is 6.05. The maximum atomic E-state index is 12.4. The largest absolute Gasteiger partial charge is 0.352 e. The van der Waals surface area contributed by atoms with E-state index in [1.54, 1.807) is 0 Å². The Morgan fingerprint density at radius 3 is 2.15 bits per heavy atom. The quantitative estimate of drug-likeness (QED) is 0.744. The number of rotatable bonds is 7. The van der Waals surface area contributed by atoms with Gasteiger partial charge in [0.25, 0.3) is 0 Å². The standard InChI is InChI=1S/C21H29N3O3/c1-23(2)14-16-9-7-15(8-10-16)13-22-19(25)11-12-24-20(26)17-5-3-4-6-18(17)21(24)27/h7-10,17-18H,3-6,11-14H2,1-2H3,(H,22,25)/t17-,18-/m0/s1. The van der Waals surface area contributed by atoms with E-state index in [1.807, 2.05) is 26.2 Å². The summed E-state index contributed by atoms with van der Waals surface area (Å²) >= 11 is 0. The maximum absolute atomic E-state index is 12.4. The van der Waals surface area contributed by atoms with Crippen molar-refractivity contribution in [1.82, 2.24) is 15.1 Å². The summed E-state index contributed by atoms with van der Waals surface area (Å²) in [7, 11) is 4.05. The van der Waals surface area contributed by atoms with Crippen molar-refractivity contribution in [2.45, 2.75) is 45.2 Å². The van der Waals surface area contributed by atoms with Crippen molar-refractivity contribution in [3.05, 3.63) is 35.4 Å². The lowest BCUT2D eigenvalue weighted by Gasteiger charge is -2.19. The number of hydrogen-bond acceptors (Lipinski definition) is 4. The lowest BCUT2D eigenvalue weighted by molar-refractivity contribution is -0.140. The average molecular weight is 371 g/mol. The molecule has 1 saturated heterocycles. The molecule has 1 heterocycles. The SMILES string of the molecule is CN(C)Cc1ccc(CNC(=O)CCN2C(=O)[C@H]3CCCC[C@@H]3C2=O)cc1. The van der Waals surface area contributed by atoms with Crippen LogP contribution in [0.5, 0.6) is 0 Å². The number of imide groups is 1. The van der Waals surface area contributed by atoms with Crippen LogP contribution < -0.4 is 5.32 Å². The predicted octanol–water partition coefficient (Wildman–Crippen LogP) is 1.93. The molecule has 27 heavy (non-hydrogen) atoms. The zero-order valence-electron chi connectivity index (χ0n) is 16.2. The van der Waals surface area contributed by atoms with E-state index in [1.165, 1.54) is 10.5 Å². The fourth-order valence-electron chi connectivity index (χ4n) is 4.08. The second-order valence-electron chi connectivity index (χ2n) is 7.91. The Bertz CT molecular complexity index is 675. The van der Waals surface area contributed by atoms with Crippen molar-refractivity contribution in [3.8, 4) is 0 Å². The summed E-state index contributed by atoms with van der Waals surface area (Å²) < 4.78 is 0. The van der Waals surface area contributed by atoms with E-state index in [4.69, 9.17) is 0 Å². The Hall–Kier alpha value is -2.21. The van der Waals surface area contributed by atoms with Gasteiger partial charge in [0.05, 0.1) is 11.8 Å². The molecule has 6 heteroatoms. The number of carbonyl (C=O) groups excluding carboxylic acids is 3. The topological polar surface area (TPSA) is 69.7 Å². The second-order valence-corrected chi connectivity index (χ2v) is 7.91. The summed E-state index contributed by atoms with van der Waals surface area (Å²) in [4.78, 5) is 40.4. The van der Waals surface area contributed by atoms with E-state index in [9.17, 15) is 14.4 Å². The molecule has 1 aliphatic heterocycles. The molecule has 2 atom stereocenters. The van der Waals surface area contributed by atoms with Crippen molar-refractivity contribution >= 4 is 17.7 Å². The van der Waals surface area contributed by atoms with E-state index in [-0.39, 0.29) is 42.5 Å². The third-order valence-corrected chi connectivity index (χ3v) is 5.51. The lowest BCUT2D eigenvalue weighted by atomic mass is 9.81. The molecule has 0 radical (unpaired) electrons. The second kappa shape index (κ2) is 8.65. The van der Waals surface area contributed by atoms with Gasteiger partial charge in [-0.2, -0.15) is 0 Å². The number of benzene rings is 1. The minimum absolute atomic E-state index is 0.0750. The maximum Gasteiger partial charge on any atom is 0.233 e. The minimum atomic E-state index is -0.144. The number of nitrogens with zero attached hydrogens (tertiary/aromatic N) is 2. The number of fused-ring (bicyclic) bond motifs is 1. The zero-order chi connectivity index (χ0) is 19.4. The molecular formula is C21H29N3O3. The molecule has 3 rings (SSSR count). The smallest absolute Gasteiger partial charge is 0.233 e. The highest BCUT2D eigenvalue weighted by atomic mass is 16.2. The zero-order valence-corrected chi connectivity index (χ0v) is 16.2. The molecule has 1 aromatic rings. The Kier molecular flexibility index (Phi) is 6.26. The highest BCUT2D eigenvalue weighted by Crippen LogP contribution is 2.37. The van der Waals surface area contributed by atoms with Gasteiger partial charge in [-0.3, -0.25) is 19.3 Å². The van der Waals surface area contributed by atoms with E-state index in [0.717, 1.165) is 37.8 Å². The number of hydrogen-bond donors (Lipinski definition) is 1. The summed E-state index contributed by atoms with van der Waals surface area (Å²) in [5, 5.41) is 2.88. The van der Waals surface area contributed by atoms with E-state index in [0.29, 0.717) is 6.54 Å². The summed E-state index contributed by atoms with van der Waals surface area (Å²) in [6.45, 7) is 1.53. The fraction of sp³-hybridized carbons (Fsp3) is 0.571. The van der Waals surface area contributed by atoms with Gasteiger partial charge in [-0.25, -0.2) is 0 Å². The van der Waals surface area contributed by atoms with Gasteiger partial charge in [0.15, 0.2) is 0 Å². The fourth-order valence-corrected chi connectivity index (χ4v) is 4.08. The number of carbonyl (C=O) groups is 3. The molecule has 6 nitrogen and oxygen atoms in total. The van der Waals surface area contributed by atoms with Crippen LogP contribution in [0.25, 0.3) is 0 Å². The third-order valence-electron chi connectivity index (χ3n) is 5.51. The van der Waals surface area contributed by atoms with Gasteiger partial charge in [0.2, 0.25) is 17.7 Å². The van der Waals surface area contributed by atoms with Crippen molar-refractivity contribution in [1.29, 1.82) is 0 Å². The van der Waals surface area contributed by atoms with E-state index in [2.05, 4.69) is 22.3 Å². The van der Waals surface area contributed by atoms with Crippen molar-refractivity contribution < 1.29 is 14.4 Å². The Morgan fingerprint density at radius 1 is 1.04 bits per heavy atom. The van der Waals surface area contributed by atoms with Crippen LogP contribution >= 0.6 is 0 Å². The monoisotopic (exact) mass is 371 g/mol. The van der Waals surface area contributed by atoms with Crippen LogP contribution in [0.1, 0.15) is 43.2 Å². The van der Waals surface area contributed by atoms with Crippen molar-refractivity contribution in [2.24, 2.45) is 11.8 Å². The van der Waals surface area contributed by atoms with Crippen LogP contribution in [0.3, 0.4) is 0 Å². The molecule has 2 aliphatic rings. The minimum Gasteiger partial charge on any atom is -0.352 e. The van der Waals surface area contributed by atoms with Crippen molar-refractivity contribution in [3.63, 3.8) is 0 Å². The molecule has 3 amide bonds. The van der Waals surface area contributed by atoms with Gasteiger partial charge in [0, 0.05) is 26.1 Å². The molecular weight excluding hydrogens is 342 g/mol. The van der Waals surface area contributed by atoms with E-state index >= 15 is 0 Å². The average Bonchev–Trinajstić information content (AvgIpc) is 2.90. The van der Waals surface area contributed by atoms with E-state index < -0.39 is 0 Å². The molecule has 1 saturated carbocycles. The molecule has 1 aliphatic carbocycles. The Labute approximate surface area is 160 Å². The van der Waals surface area contributed by atoms with Gasteiger partial charge in [-0.1, -0.05) is 37.1 Å². The first-order valence-corrected chi connectivity index (χ1v) is 9.80. The van der Waals surface area contributed by atoms with Crippen LogP contribution in [0.4, 0.5) is 0 Å². The van der Waals surface area contributed by atoms with Crippen LogP contribution in [-0.2, 0) is 27.5 Å². The first-order valence-electron chi connectivity index (χ1n) is 9.80. The first-order chi connectivity index (χ1) is 13.0. The van der Waals surface area contributed by atoms with Crippen molar-refractivity contribution in [2.75, 3.05) is 20.6 Å². The van der Waals surface area contributed by atoms with Gasteiger partial charge in [-0.05, 0) is 38.1 Å². The molecule has 0 bridgehead atoms. The molecule has 2 fully saturated rings. The normalized spacial score (nSPS) is 22.3. The summed E-state index contributed by atoms with van der Waals surface area (Å²) in [6.07, 6.45) is 3.81. The Morgan fingerprint density at radius 2 is 1.59 bits per heavy atom. The van der Waals surface area contributed by atoms with Crippen LogP contribution in [0.2, 0.25) is 0 Å². The molecule has 0 unspecified atom stereocenters. The molecule has 1 aromatic carbocycles. The molecule has 1 N–H and O–H groups in total. The lowest BCUT2D eigenvalue weighted by Crippen LogP contribution is -2.35. The van der Waals surface area contributed by atoms with Crippen LogP contribution in [0.15, 0.2) is 24.3 Å². The summed E-state index contributed by atoms with van der Waals surface area (Å²) in [5.41, 5.74) is 2.26. The van der Waals surface area contributed by atoms with Gasteiger partial charge < -0.3 is 10.2 Å². The van der Waals surface area contributed by atoms with Gasteiger partial charge >= 0.3 is 0 Å². The molecule has 0 spiro atoms. The first kappa shape index (κ1) is 19.5.